The first-order valence-corrected chi connectivity index (χ1v) is 4.04. The van der Waals surface area contributed by atoms with E-state index in [9.17, 15) is 0 Å². The second-order valence-corrected chi connectivity index (χ2v) is 2.98. The summed E-state index contributed by atoms with van der Waals surface area (Å²) in [6.45, 7) is 2.04. The van der Waals surface area contributed by atoms with E-state index in [4.69, 9.17) is 10.3 Å². The molecule has 1 heterocycles. The highest BCUT2D eigenvalue weighted by atomic mass is 16.5. The molecule has 0 amide bonds. The van der Waals surface area contributed by atoms with Gasteiger partial charge in [0.25, 0.3) is 0 Å². The van der Waals surface area contributed by atoms with Gasteiger partial charge in [0.05, 0.1) is 6.20 Å². The van der Waals surface area contributed by atoms with Crippen LogP contribution in [0.5, 0.6) is 0 Å². The molecule has 66 valence electrons. The molecule has 0 aliphatic heterocycles. The second kappa shape index (κ2) is 2.94. The van der Waals surface area contributed by atoms with E-state index in [0.29, 0.717) is 11.4 Å². The van der Waals surface area contributed by atoms with Crippen LogP contribution < -0.4 is 5.73 Å². The SMILES string of the molecule is Cc1ccc(-c2oncc2N)cc1. The Bertz CT molecular complexity index is 403. The molecular formula is C10H10N2O. The molecule has 0 aliphatic carbocycles. The van der Waals surface area contributed by atoms with E-state index < -0.39 is 0 Å². The van der Waals surface area contributed by atoms with Crippen LogP contribution in [-0.4, -0.2) is 5.16 Å². The van der Waals surface area contributed by atoms with Crippen LogP contribution in [0.4, 0.5) is 5.69 Å². The lowest BCUT2D eigenvalue weighted by molar-refractivity contribution is 0.432. The molecule has 0 aliphatic rings. The predicted molar refractivity (Wildman–Crippen MR) is 51.1 cm³/mol. The van der Waals surface area contributed by atoms with E-state index in [2.05, 4.69) is 5.16 Å². The van der Waals surface area contributed by atoms with Crippen molar-refractivity contribution in [1.82, 2.24) is 5.16 Å². The van der Waals surface area contributed by atoms with Gasteiger partial charge < -0.3 is 10.3 Å². The molecule has 0 spiro atoms. The molecule has 0 atom stereocenters. The van der Waals surface area contributed by atoms with Crippen molar-refractivity contribution in [2.75, 3.05) is 5.73 Å². The first-order chi connectivity index (χ1) is 6.27. The molecule has 0 saturated carbocycles. The van der Waals surface area contributed by atoms with E-state index >= 15 is 0 Å². The number of nitrogens with two attached hydrogens (primary N) is 1. The topological polar surface area (TPSA) is 52.0 Å². The summed E-state index contributed by atoms with van der Waals surface area (Å²) in [5.41, 5.74) is 8.40. The van der Waals surface area contributed by atoms with Gasteiger partial charge in [0.2, 0.25) is 0 Å². The van der Waals surface area contributed by atoms with Crippen LogP contribution >= 0.6 is 0 Å². The highest BCUT2D eigenvalue weighted by molar-refractivity contribution is 5.69. The van der Waals surface area contributed by atoms with Gasteiger partial charge in [-0.15, -0.1) is 0 Å². The highest BCUT2D eigenvalue weighted by Gasteiger charge is 2.06. The molecular weight excluding hydrogens is 164 g/mol. The first-order valence-electron chi connectivity index (χ1n) is 4.04. The summed E-state index contributed by atoms with van der Waals surface area (Å²) in [5.74, 6) is 0.639. The number of aryl methyl sites for hydroxylation is 1. The summed E-state index contributed by atoms with van der Waals surface area (Å²) < 4.78 is 5.02. The zero-order valence-electron chi connectivity index (χ0n) is 7.32. The third kappa shape index (κ3) is 1.40. The van der Waals surface area contributed by atoms with Crippen molar-refractivity contribution in [3.8, 4) is 11.3 Å². The van der Waals surface area contributed by atoms with Gasteiger partial charge in [-0.3, -0.25) is 0 Å². The van der Waals surface area contributed by atoms with Gasteiger partial charge in [0, 0.05) is 5.56 Å². The number of nitrogens with zero attached hydrogens (tertiary/aromatic N) is 1. The summed E-state index contributed by atoms with van der Waals surface area (Å²) in [5, 5.41) is 3.62. The van der Waals surface area contributed by atoms with Crippen LogP contribution in [0.15, 0.2) is 35.0 Å². The largest absolute Gasteiger partial charge is 0.394 e. The molecule has 0 bridgehead atoms. The van der Waals surface area contributed by atoms with Crippen molar-refractivity contribution in [2.45, 2.75) is 6.92 Å². The molecule has 2 N–H and O–H groups in total. The Balaban J connectivity index is 2.47. The minimum Gasteiger partial charge on any atom is -0.394 e. The van der Waals surface area contributed by atoms with Gasteiger partial charge in [-0.25, -0.2) is 0 Å². The fourth-order valence-electron chi connectivity index (χ4n) is 1.17. The van der Waals surface area contributed by atoms with Gasteiger partial charge in [-0.2, -0.15) is 0 Å². The molecule has 1 aromatic carbocycles. The van der Waals surface area contributed by atoms with E-state index in [1.54, 1.807) is 0 Å². The third-order valence-electron chi connectivity index (χ3n) is 1.91. The van der Waals surface area contributed by atoms with Gasteiger partial charge in [-0.1, -0.05) is 35.0 Å². The molecule has 3 heteroatoms. The Morgan fingerprint density at radius 3 is 2.46 bits per heavy atom. The summed E-state index contributed by atoms with van der Waals surface area (Å²) in [6.07, 6.45) is 1.51. The molecule has 2 rings (SSSR count). The molecule has 1 aromatic heterocycles. The van der Waals surface area contributed by atoms with Crippen molar-refractivity contribution in [3.63, 3.8) is 0 Å². The Kier molecular flexibility index (Phi) is 1.77. The Labute approximate surface area is 76.2 Å². The van der Waals surface area contributed by atoms with Gasteiger partial charge in [-0.05, 0) is 6.92 Å². The highest BCUT2D eigenvalue weighted by Crippen LogP contribution is 2.24. The lowest BCUT2D eigenvalue weighted by atomic mass is 10.1. The number of aromatic nitrogens is 1. The van der Waals surface area contributed by atoms with Crippen molar-refractivity contribution in [2.24, 2.45) is 0 Å². The Morgan fingerprint density at radius 2 is 1.92 bits per heavy atom. The first kappa shape index (κ1) is 7.86. The minimum atomic E-state index is 0.573. The fraction of sp³-hybridized carbons (Fsp3) is 0.100. The number of benzene rings is 1. The summed E-state index contributed by atoms with van der Waals surface area (Å²) in [6, 6.07) is 7.95. The predicted octanol–water partition coefficient (Wildman–Crippen LogP) is 2.23. The number of rotatable bonds is 1. The van der Waals surface area contributed by atoms with Crippen LogP contribution in [0.1, 0.15) is 5.56 Å². The second-order valence-electron chi connectivity index (χ2n) is 2.98. The van der Waals surface area contributed by atoms with Crippen LogP contribution in [0.2, 0.25) is 0 Å². The molecule has 3 nitrogen and oxygen atoms in total. The fourth-order valence-corrected chi connectivity index (χ4v) is 1.17. The van der Waals surface area contributed by atoms with Gasteiger partial charge in [0.1, 0.15) is 5.69 Å². The van der Waals surface area contributed by atoms with Gasteiger partial charge in [0.15, 0.2) is 5.76 Å². The van der Waals surface area contributed by atoms with Crippen LogP contribution in [0.25, 0.3) is 11.3 Å². The molecule has 13 heavy (non-hydrogen) atoms. The molecule has 0 unspecified atom stereocenters. The lowest BCUT2D eigenvalue weighted by Gasteiger charge is -1.97. The smallest absolute Gasteiger partial charge is 0.189 e. The number of nitrogen functional groups attached to an aromatic ring is 1. The van der Waals surface area contributed by atoms with Crippen molar-refractivity contribution < 1.29 is 4.52 Å². The standard InChI is InChI=1S/C10H10N2O/c1-7-2-4-8(5-3-7)10-9(11)6-12-13-10/h2-6H,11H2,1H3. The average Bonchev–Trinajstić information content (AvgIpc) is 2.53. The van der Waals surface area contributed by atoms with Crippen LogP contribution in [-0.2, 0) is 0 Å². The van der Waals surface area contributed by atoms with E-state index in [1.807, 2.05) is 31.2 Å². The maximum absolute atomic E-state index is 5.65. The minimum absolute atomic E-state index is 0.573. The molecule has 2 aromatic rings. The maximum Gasteiger partial charge on any atom is 0.189 e. The zero-order valence-corrected chi connectivity index (χ0v) is 7.32. The number of anilines is 1. The zero-order chi connectivity index (χ0) is 9.26. The Hall–Kier alpha value is -1.77. The average molecular weight is 174 g/mol. The van der Waals surface area contributed by atoms with Gasteiger partial charge >= 0.3 is 0 Å². The third-order valence-corrected chi connectivity index (χ3v) is 1.91. The van der Waals surface area contributed by atoms with E-state index in [1.165, 1.54) is 11.8 Å². The van der Waals surface area contributed by atoms with E-state index in [-0.39, 0.29) is 0 Å². The van der Waals surface area contributed by atoms with Crippen molar-refractivity contribution >= 4 is 5.69 Å². The van der Waals surface area contributed by atoms with Crippen LogP contribution in [0.3, 0.4) is 0 Å². The summed E-state index contributed by atoms with van der Waals surface area (Å²) in [7, 11) is 0. The number of hydrogen-bond acceptors (Lipinski definition) is 3. The Morgan fingerprint density at radius 1 is 1.23 bits per heavy atom. The monoisotopic (exact) mass is 174 g/mol. The molecule has 0 saturated heterocycles. The van der Waals surface area contributed by atoms with Crippen LogP contribution in [0, 0.1) is 6.92 Å². The van der Waals surface area contributed by atoms with Crippen molar-refractivity contribution in [1.29, 1.82) is 0 Å². The number of hydrogen-bond donors (Lipinski definition) is 1. The summed E-state index contributed by atoms with van der Waals surface area (Å²) >= 11 is 0. The summed E-state index contributed by atoms with van der Waals surface area (Å²) in [4.78, 5) is 0. The quantitative estimate of drug-likeness (QED) is 0.721. The maximum atomic E-state index is 5.65. The molecule has 0 fully saturated rings. The lowest BCUT2D eigenvalue weighted by Crippen LogP contribution is -1.84. The van der Waals surface area contributed by atoms with Crippen molar-refractivity contribution in [3.05, 3.63) is 36.0 Å². The normalized spacial score (nSPS) is 10.2. The van der Waals surface area contributed by atoms with E-state index in [0.717, 1.165) is 5.56 Å². The molecule has 0 radical (unpaired) electrons.